The third-order valence-electron chi connectivity index (χ3n) is 4.88. The van der Waals surface area contributed by atoms with Gasteiger partial charge in [0.05, 0.1) is 17.1 Å². The van der Waals surface area contributed by atoms with E-state index in [1.165, 1.54) is 4.90 Å². The number of likely N-dealkylation sites (N-methyl/N-ethyl adjacent to an activating group) is 1. The number of ether oxygens (including phenoxy) is 1. The average molecular weight is 409 g/mol. The Morgan fingerprint density at radius 1 is 1.07 bits per heavy atom. The number of hydrogen-bond acceptors (Lipinski definition) is 5. The molecule has 0 fully saturated rings. The predicted molar refractivity (Wildman–Crippen MR) is 115 cm³/mol. The Morgan fingerprint density at radius 3 is 2.30 bits per heavy atom. The summed E-state index contributed by atoms with van der Waals surface area (Å²) in [6.45, 7) is 8.05. The molecular formula is C23H28N4O3. The summed E-state index contributed by atoms with van der Waals surface area (Å²) in [6.07, 6.45) is 0.605. The number of carbonyl (C=O) groups excluding carboxylic acids is 2. The van der Waals surface area contributed by atoms with E-state index in [1.54, 1.807) is 43.2 Å². The van der Waals surface area contributed by atoms with Gasteiger partial charge in [0.15, 0.2) is 5.65 Å². The van der Waals surface area contributed by atoms with Crippen molar-refractivity contribution in [3.63, 3.8) is 0 Å². The van der Waals surface area contributed by atoms with Crippen LogP contribution in [0.2, 0.25) is 0 Å². The summed E-state index contributed by atoms with van der Waals surface area (Å²) in [7, 11) is 3.28. The summed E-state index contributed by atoms with van der Waals surface area (Å²) in [5, 5.41) is 5.02. The fourth-order valence-corrected chi connectivity index (χ4v) is 3.17. The first-order valence-electron chi connectivity index (χ1n) is 10.1. The van der Waals surface area contributed by atoms with E-state index in [0.29, 0.717) is 22.2 Å². The molecule has 0 saturated carbocycles. The van der Waals surface area contributed by atoms with Gasteiger partial charge in [0.25, 0.3) is 5.91 Å². The molecule has 1 amide bonds. The third-order valence-corrected chi connectivity index (χ3v) is 4.88. The van der Waals surface area contributed by atoms with Crippen molar-refractivity contribution in [1.29, 1.82) is 0 Å². The van der Waals surface area contributed by atoms with Crippen molar-refractivity contribution in [2.75, 3.05) is 14.1 Å². The summed E-state index contributed by atoms with van der Waals surface area (Å²) in [6, 6.07) is 10.9. The minimum atomic E-state index is -1.03. The highest BCUT2D eigenvalue weighted by Gasteiger charge is 2.29. The number of aromatic nitrogens is 3. The second kappa shape index (κ2) is 8.65. The maximum absolute atomic E-state index is 13.3. The molecular weight excluding hydrogens is 380 g/mol. The fourth-order valence-electron chi connectivity index (χ4n) is 3.17. The lowest BCUT2D eigenvalue weighted by Crippen LogP contribution is -2.31. The smallest absolute Gasteiger partial charge is 0.340 e. The van der Waals surface area contributed by atoms with Crippen molar-refractivity contribution in [2.45, 2.75) is 45.8 Å². The molecule has 0 unspecified atom stereocenters. The van der Waals surface area contributed by atoms with Crippen LogP contribution in [0.3, 0.4) is 0 Å². The lowest BCUT2D eigenvalue weighted by atomic mass is 10.0. The Morgan fingerprint density at radius 2 is 1.73 bits per heavy atom. The number of nitrogens with zero attached hydrogens (tertiary/aromatic N) is 4. The predicted octanol–water partition coefficient (Wildman–Crippen LogP) is 4.12. The molecule has 30 heavy (non-hydrogen) atoms. The number of pyridine rings is 1. The minimum Gasteiger partial charge on any atom is -0.444 e. The summed E-state index contributed by atoms with van der Waals surface area (Å²) in [5.74, 6) is -0.761. The second-order valence-electron chi connectivity index (χ2n) is 8.10. The van der Waals surface area contributed by atoms with Crippen LogP contribution in [0.1, 0.15) is 67.4 Å². The first-order valence-corrected chi connectivity index (χ1v) is 10.1. The van der Waals surface area contributed by atoms with Gasteiger partial charge in [-0.2, -0.15) is 5.10 Å². The standard InChI is InChI=1S/C23H28N4O3/c1-14(2)19-12-17(18-13-24-27(15(3)4)21(18)25-19)23(29)30-20(22(28)26(5)6)16-10-8-7-9-11-16/h7-15,20H,1-6H3/t20-/m1/s1. The lowest BCUT2D eigenvalue weighted by Gasteiger charge is -2.21. The minimum absolute atomic E-state index is 0.0914. The average Bonchev–Trinajstić information content (AvgIpc) is 3.15. The molecule has 158 valence electrons. The highest BCUT2D eigenvalue weighted by Crippen LogP contribution is 2.27. The molecule has 0 N–H and O–H groups in total. The zero-order valence-corrected chi connectivity index (χ0v) is 18.3. The van der Waals surface area contributed by atoms with E-state index in [-0.39, 0.29) is 17.9 Å². The normalized spacial score (nSPS) is 12.4. The van der Waals surface area contributed by atoms with Crippen LogP contribution < -0.4 is 0 Å². The van der Waals surface area contributed by atoms with Crippen molar-refractivity contribution in [3.05, 3.63) is 59.4 Å². The summed E-state index contributed by atoms with van der Waals surface area (Å²) >= 11 is 0. The summed E-state index contributed by atoms with van der Waals surface area (Å²) < 4.78 is 7.55. The van der Waals surface area contributed by atoms with Crippen LogP contribution in [-0.4, -0.2) is 45.6 Å². The number of rotatable bonds is 6. The maximum atomic E-state index is 13.3. The SMILES string of the molecule is CC(C)c1cc(C(=O)O[C@@H](C(=O)N(C)C)c2ccccc2)c2cnn(C(C)C)c2n1. The summed E-state index contributed by atoms with van der Waals surface area (Å²) in [4.78, 5) is 32.2. The molecule has 0 aliphatic rings. The van der Waals surface area contributed by atoms with E-state index in [9.17, 15) is 9.59 Å². The molecule has 7 heteroatoms. The molecule has 2 heterocycles. The van der Waals surface area contributed by atoms with E-state index in [2.05, 4.69) is 5.10 Å². The molecule has 1 atom stereocenters. The Kier molecular flexibility index (Phi) is 6.20. The number of benzene rings is 1. The van der Waals surface area contributed by atoms with Crippen molar-refractivity contribution >= 4 is 22.9 Å². The lowest BCUT2D eigenvalue weighted by molar-refractivity contribution is -0.138. The van der Waals surface area contributed by atoms with Gasteiger partial charge in [-0.3, -0.25) is 4.79 Å². The Hall–Kier alpha value is -3.22. The van der Waals surface area contributed by atoms with Gasteiger partial charge in [0, 0.05) is 31.4 Å². The van der Waals surface area contributed by atoms with Crippen LogP contribution in [0, 0.1) is 0 Å². The molecule has 3 rings (SSSR count). The van der Waals surface area contributed by atoms with E-state index in [4.69, 9.17) is 9.72 Å². The largest absolute Gasteiger partial charge is 0.444 e. The van der Waals surface area contributed by atoms with Gasteiger partial charge in [-0.05, 0) is 25.8 Å². The van der Waals surface area contributed by atoms with Crippen LogP contribution in [0.25, 0.3) is 11.0 Å². The highest BCUT2D eigenvalue weighted by molar-refractivity contribution is 6.03. The number of esters is 1. The van der Waals surface area contributed by atoms with Gasteiger partial charge in [0.1, 0.15) is 0 Å². The van der Waals surface area contributed by atoms with E-state index in [1.807, 2.05) is 45.9 Å². The molecule has 0 aliphatic carbocycles. The third kappa shape index (κ3) is 4.20. The quantitative estimate of drug-likeness (QED) is 0.573. The van der Waals surface area contributed by atoms with E-state index < -0.39 is 12.1 Å². The summed E-state index contributed by atoms with van der Waals surface area (Å²) in [5.41, 5.74) is 2.39. The molecule has 0 spiro atoms. The van der Waals surface area contributed by atoms with Crippen LogP contribution >= 0.6 is 0 Å². The van der Waals surface area contributed by atoms with Crippen LogP contribution in [-0.2, 0) is 9.53 Å². The fraction of sp³-hybridized carbons (Fsp3) is 0.391. The van der Waals surface area contributed by atoms with Gasteiger partial charge < -0.3 is 9.64 Å². The molecule has 7 nitrogen and oxygen atoms in total. The second-order valence-corrected chi connectivity index (χ2v) is 8.10. The van der Waals surface area contributed by atoms with Crippen molar-refractivity contribution in [2.24, 2.45) is 0 Å². The Balaban J connectivity index is 2.07. The molecule has 2 aromatic heterocycles. The molecule has 0 radical (unpaired) electrons. The van der Waals surface area contributed by atoms with Gasteiger partial charge in [0.2, 0.25) is 6.10 Å². The van der Waals surface area contributed by atoms with Crippen molar-refractivity contribution < 1.29 is 14.3 Å². The van der Waals surface area contributed by atoms with Crippen molar-refractivity contribution in [3.8, 4) is 0 Å². The number of hydrogen-bond donors (Lipinski definition) is 0. The van der Waals surface area contributed by atoms with Crippen molar-refractivity contribution in [1.82, 2.24) is 19.7 Å². The van der Waals surface area contributed by atoms with Gasteiger partial charge in [-0.25, -0.2) is 14.5 Å². The highest BCUT2D eigenvalue weighted by atomic mass is 16.5. The van der Waals surface area contributed by atoms with E-state index >= 15 is 0 Å². The topological polar surface area (TPSA) is 77.3 Å². The molecule has 0 saturated heterocycles. The number of carbonyl (C=O) groups is 2. The first-order chi connectivity index (χ1) is 14.2. The van der Waals surface area contributed by atoms with Gasteiger partial charge >= 0.3 is 5.97 Å². The molecule has 0 bridgehead atoms. The molecule has 3 aromatic rings. The number of fused-ring (bicyclic) bond motifs is 1. The van der Waals surface area contributed by atoms with Crippen LogP contribution in [0.15, 0.2) is 42.6 Å². The monoisotopic (exact) mass is 408 g/mol. The molecule has 1 aromatic carbocycles. The van der Waals surface area contributed by atoms with Gasteiger partial charge in [-0.1, -0.05) is 44.2 Å². The van der Waals surface area contributed by atoms with Gasteiger partial charge in [-0.15, -0.1) is 0 Å². The number of amides is 1. The maximum Gasteiger partial charge on any atom is 0.340 e. The Labute approximate surface area is 176 Å². The zero-order valence-electron chi connectivity index (χ0n) is 18.3. The Bertz CT molecular complexity index is 1060. The van der Waals surface area contributed by atoms with E-state index in [0.717, 1.165) is 5.69 Å². The van der Waals surface area contributed by atoms with Crippen LogP contribution in [0.4, 0.5) is 0 Å². The van der Waals surface area contributed by atoms with Crippen LogP contribution in [0.5, 0.6) is 0 Å². The first kappa shape index (κ1) is 21.5. The molecule has 0 aliphatic heterocycles. The zero-order chi connectivity index (χ0) is 22.0.